The fourth-order valence-corrected chi connectivity index (χ4v) is 5.67. The molecule has 1 unspecified atom stereocenters. The second-order valence-electron chi connectivity index (χ2n) is 7.55. The van der Waals surface area contributed by atoms with E-state index in [9.17, 15) is 19.5 Å². The van der Waals surface area contributed by atoms with E-state index in [1.165, 1.54) is 23.8 Å². The van der Waals surface area contributed by atoms with Crippen LogP contribution in [0.2, 0.25) is 0 Å². The highest BCUT2D eigenvalue weighted by molar-refractivity contribution is 8.00. The van der Waals surface area contributed by atoms with Gasteiger partial charge >= 0.3 is 5.97 Å². The van der Waals surface area contributed by atoms with Crippen LogP contribution in [0, 0.1) is 0 Å². The number of hydrogen-bond acceptors (Lipinski definition) is 11. The predicted molar refractivity (Wildman–Crippen MR) is 124 cm³/mol. The van der Waals surface area contributed by atoms with Crippen LogP contribution in [0.4, 0.5) is 5.13 Å². The molecule has 1 saturated heterocycles. The molecule has 4 N–H and O–H groups in total. The molecule has 2 amide bonds. The maximum absolute atomic E-state index is 13.0. The zero-order valence-electron chi connectivity index (χ0n) is 18.1. The molecule has 2 aliphatic heterocycles. The number of aromatic nitrogens is 3. The maximum Gasteiger partial charge on any atom is 0.352 e. The number of carbonyl (C=O) groups excluding carboxylic acids is 2. The molecule has 5 rings (SSSR count). The fraction of sp³-hybridized carbons (Fsp3) is 0.250. The Kier molecular flexibility index (Phi) is 5.86. The summed E-state index contributed by atoms with van der Waals surface area (Å²) in [6.45, 7) is 0.283. The van der Waals surface area contributed by atoms with Crippen molar-refractivity contribution in [2.45, 2.75) is 18.0 Å². The molecule has 0 bridgehead atoms. The van der Waals surface area contributed by atoms with E-state index >= 15 is 0 Å². The normalized spacial score (nSPS) is 20.0. The summed E-state index contributed by atoms with van der Waals surface area (Å²) >= 11 is 2.24. The van der Waals surface area contributed by atoms with Crippen LogP contribution in [0.15, 0.2) is 51.6 Å². The van der Waals surface area contributed by atoms with Crippen LogP contribution < -0.4 is 15.6 Å². The Morgan fingerprint density at radius 3 is 3.00 bits per heavy atom. The molecule has 0 spiro atoms. The van der Waals surface area contributed by atoms with Crippen molar-refractivity contribution in [1.82, 2.24) is 19.6 Å². The summed E-state index contributed by atoms with van der Waals surface area (Å²) in [6, 6.07) is 2.66. The molecule has 3 aromatic heterocycles. The molecule has 2 aliphatic rings. The SMILES string of the molecule is CON=C(C(=O)NC1C(=O)N2C(C(=O)O)=C(C[n+]3ccc4occc4c3)CS[C@H]12)c1nsc(N)n1. The third-order valence-electron chi connectivity index (χ3n) is 5.41. The largest absolute Gasteiger partial charge is 0.477 e. The number of amides is 2. The van der Waals surface area contributed by atoms with Crippen LogP contribution in [0.1, 0.15) is 5.82 Å². The van der Waals surface area contributed by atoms with Gasteiger partial charge in [-0.1, -0.05) is 5.16 Å². The molecular formula is C20H18N7O6S2+. The monoisotopic (exact) mass is 516 g/mol. The minimum absolute atomic E-state index is 0.0354. The number of rotatable bonds is 7. The van der Waals surface area contributed by atoms with Gasteiger partial charge < -0.3 is 25.4 Å². The number of furan rings is 1. The van der Waals surface area contributed by atoms with Crippen molar-refractivity contribution in [3.8, 4) is 0 Å². The first-order chi connectivity index (χ1) is 16.9. The summed E-state index contributed by atoms with van der Waals surface area (Å²) in [5.74, 6) is -2.16. The third-order valence-corrected chi connectivity index (χ3v) is 7.29. The van der Waals surface area contributed by atoms with Gasteiger partial charge in [-0.15, -0.1) is 11.8 Å². The molecule has 0 aliphatic carbocycles. The van der Waals surface area contributed by atoms with Crippen molar-refractivity contribution in [3.63, 3.8) is 0 Å². The van der Waals surface area contributed by atoms with Crippen LogP contribution in [0.25, 0.3) is 11.0 Å². The maximum atomic E-state index is 13.0. The summed E-state index contributed by atoms with van der Waals surface area (Å²) in [5.41, 5.74) is 6.55. The number of nitrogens with one attached hydrogen (secondary N) is 1. The molecular weight excluding hydrogens is 498 g/mol. The summed E-state index contributed by atoms with van der Waals surface area (Å²) in [6.07, 6.45) is 5.21. The topological polar surface area (TPSA) is 177 Å². The molecule has 13 nitrogen and oxygen atoms in total. The lowest BCUT2D eigenvalue weighted by Gasteiger charge is -2.49. The van der Waals surface area contributed by atoms with Gasteiger partial charge in [-0.3, -0.25) is 14.5 Å². The van der Waals surface area contributed by atoms with Gasteiger partial charge in [0.15, 0.2) is 24.1 Å². The Labute approximate surface area is 205 Å². The first kappa shape index (κ1) is 22.8. The van der Waals surface area contributed by atoms with Gasteiger partial charge in [0.1, 0.15) is 29.8 Å². The number of carboxylic acids is 1. The molecule has 0 radical (unpaired) electrons. The van der Waals surface area contributed by atoms with E-state index < -0.39 is 29.2 Å². The predicted octanol–water partition coefficient (Wildman–Crippen LogP) is -0.0567. The Bertz CT molecular complexity index is 1410. The van der Waals surface area contributed by atoms with Crippen molar-refractivity contribution in [2.24, 2.45) is 5.16 Å². The average Bonchev–Trinajstić information content (AvgIpc) is 3.48. The Hall–Kier alpha value is -3.98. The molecule has 0 saturated carbocycles. The van der Waals surface area contributed by atoms with Crippen LogP contribution in [0.5, 0.6) is 0 Å². The van der Waals surface area contributed by atoms with Gasteiger partial charge in [0.25, 0.3) is 11.8 Å². The van der Waals surface area contributed by atoms with Crippen LogP contribution in [-0.4, -0.2) is 67.1 Å². The van der Waals surface area contributed by atoms with Gasteiger partial charge in [-0.2, -0.15) is 9.36 Å². The molecule has 35 heavy (non-hydrogen) atoms. The minimum Gasteiger partial charge on any atom is -0.477 e. The highest BCUT2D eigenvalue weighted by atomic mass is 32.2. The van der Waals surface area contributed by atoms with E-state index in [0.29, 0.717) is 11.3 Å². The first-order valence-electron chi connectivity index (χ1n) is 10.1. The van der Waals surface area contributed by atoms with Gasteiger partial charge in [0.2, 0.25) is 11.5 Å². The number of anilines is 1. The Morgan fingerprint density at radius 1 is 1.46 bits per heavy atom. The van der Waals surface area contributed by atoms with Crippen LogP contribution >= 0.6 is 23.3 Å². The average molecular weight is 517 g/mol. The zero-order valence-corrected chi connectivity index (χ0v) is 19.7. The number of hydrogen-bond donors (Lipinski definition) is 3. The van der Waals surface area contributed by atoms with Gasteiger partial charge in [-0.05, 0) is 6.07 Å². The highest BCUT2D eigenvalue weighted by Gasteiger charge is 2.54. The molecule has 1 fully saturated rings. The zero-order chi connectivity index (χ0) is 24.7. The van der Waals surface area contributed by atoms with Crippen LogP contribution in [-0.2, 0) is 25.8 Å². The van der Waals surface area contributed by atoms with E-state index in [2.05, 4.69) is 19.8 Å². The summed E-state index contributed by atoms with van der Waals surface area (Å²) in [5, 5.41) is 16.6. The number of nitrogens with two attached hydrogens (primary N) is 1. The number of carboxylic acid groups (broad SMARTS) is 1. The highest BCUT2D eigenvalue weighted by Crippen LogP contribution is 2.40. The van der Waals surface area contributed by atoms with E-state index in [4.69, 9.17) is 15.0 Å². The standard InChI is InChI=1S/C20H17N7O6S2/c1-32-24-12(15-23-20(21)35-25-15)16(28)22-13-17(29)27-14(19(30)31)10(8-34-18(13)27)7-26-4-2-11-9(6-26)3-5-33-11/h2-6,13,18H,7-8H2,1H3,(H3-,21,22,23,25,28,30,31)/p+1/t13?,18-/m1/s1. The number of β-lactam (4-membered cyclic amide) rings is 1. The summed E-state index contributed by atoms with van der Waals surface area (Å²) in [7, 11) is 1.25. The molecule has 3 aromatic rings. The molecule has 15 heteroatoms. The van der Waals surface area contributed by atoms with E-state index in [1.54, 1.807) is 18.5 Å². The van der Waals surface area contributed by atoms with E-state index in [-0.39, 0.29) is 28.9 Å². The lowest BCUT2D eigenvalue weighted by Crippen LogP contribution is -2.71. The summed E-state index contributed by atoms with van der Waals surface area (Å²) in [4.78, 5) is 47.8. The van der Waals surface area contributed by atoms with Crippen molar-refractivity contribution in [3.05, 3.63) is 47.9 Å². The lowest BCUT2D eigenvalue weighted by molar-refractivity contribution is -0.687. The van der Waals surface area contributed by atoms with Crippen molar-refractivity contribution in [2.75, 3.05) is 18.6 Å². The van der Waals surface area contributed by atoms with Crippen LogP contribution in [0.3, 0.4) is 0 Å². The number of carbonyl (C=O) groups is 3. The molecule has 2 atom stereocenters. The summed E-state index contributed by atoms with van der Waals surface area (Å²) < 4.78 is 11.1. The van der Waals surface area contributed by atoms with Crippen molar-refractivity contribution >= 4 is 62.9 Å². The number of fused-ring (bicyclic) bond motifs is 2. The second kappa shape index (κ2) is 8.99. The molecule has 5 heterocycles. The Morgan fingerprint density at radius 2 is 2.29 bits per heavy atom. The second-order valence-corrected chi connectivity index (χ2v) is 9.44. The number of aliphatic carboxylic acids is 1. The minimum atomic E-state index is -1.21. The number of thioether (sulfide) groups is 1. The fourth-order valence-electron chi connectivity index (χ4n) is 3.90. The smallest absolute Gasteiger partial charge is 0.352 e. The number of nitrogens with zero attached hydrogens (tertiary/aromatic N) is 5. The van der Waals surface area contributed by atoms with E-state index in [1.807, 2.05) is 16.8 Å². The first-order valence-corrected chi connectivity index (χ1v) is 12.0. The number of pyridine rings is 1. The number of oxime groups is 1. The van der Waals surface area contributed by atoms with Gasteiger partial charge in [0, 0.05) is 28.9 Å². The van der Waals surface area contributed by atoms with Gasteiger partial charge in [-0.25, -0.2) is 9.36 Å². The Balaban J connectivity index is 1.36. The third kappa shape index (κ3) is 4.08. The lowest BCUT2D eigenvalue weighted by atomic mass is 10.0. The van der Waals surface area contributed by atoms with E-state index in [0.717, 1.165) is 22.5 Å². The van der Waals surface area contributed by atoms with Gasteiger partial charge in [0.05, 0.1) is 11.6 Å². The molecule has 0 aromatic carbocycles. The van der Waals surface area contributed by atoms with Crippen molar-refractivity contribution < 1.29 is 33.3 Å². The van der Waals surface area contributed by atoms with Crippen molar-refractivity contribution in [1.29, 1.82) is 0 Å². The quantitative estimate of drug-likeness (QED) is 0.167. The molecule has 180 valence electrons. The number of nitrogen functional groups attached to an aromatic ring is 1.